The van der Waals surface area contributed by atoms with Crippen LogP contribution in [0.3, 0.4) is 0 Å². The maximum atomic E-state index is 3.78. The van der Waals surface area contributed by atoms with Crippen LogP contribution in [0.25, 0.3) is 0 Å². The highest BCUT2D eigenvalue weighted by atomic mass is 127. The lowest BCUT2D eigenvalue weighted by Gasteiger charge is -2.38. The fourth-order valence-electron chi connectivity index (χ4n) is 3.60. The van der Waals surface area contributed by atoms with E-state index in [4.69, 9.17) is 0 Å². The highest BCUT2D eigenvalue weighted by molar-refractivity contribution is 14.1. The molecule has 3 atom stereocenters. The molecule has 0 saturated carbocycles. The monoisotopic (exact) mass is 451 g/mol. The molecular weight excluding hydrogens is 437 g/mol. The second-order valence-electron chi connectivity index (χ2n) is 5.73. The first-order chi connectivity index (χ1) is 10.2. The van der Waals surface area contributed by atoms with E-state index < -0.39 is 0 Å². The number of nitrogens with one attached hydrogen (secondary N) is 1. The molecule has 1 heterocycles. The molecule has 0 amide bonds. The first-order valence-corrected chi connectivity index (χ1v) is 9.08. The van der Waals surface area contributed by atoms with Crippen LogP contribution in [0.1, 0.15) is 29.5 Å². The third-order valence-corrected chi connectivity index (χ3v) is 5.96. The minimum atomic E-state index is 0.369. The topological polar surface area (TPSA) is 12.0 Å². The van der Waals surface area contributed by atoms with Crippen LogP contribution < -0.4 is 5.32 Å². The predicted molar refractivity (Wildman–Crippen MR) is 99.7 cm³/mol. The van der Waals surface area contributed by atoms with Gasteiger partial charge in [0.05, 0.1) is 6.04 Å². The number of rotatable bonds is 1. The average molecular weight is 452 g/mol. The highest BCUT2D eigenvalue weighted by Gasteiger charge is 2.38. The molecule has 1 aliphatic heterocycles. The fraction of sp³-hybridized carbons (Fsp3) is 0.222. The molecule has 3 heteroatoms. The maximum absolute atomic E-state index is 3.78. The van der Waals surface area contributed by atoms with E-state index >= 15 is 0 Å². The van der Waals surface area contributed by atoms with Gasteiger partial charge in [0.1, 0.15) is 0 Å². The van der Waals surface area contributed by atoms with Gasteiger partial charge >= 0.3 is 0 Å². The zero-order valence-corrected chi connectivity index (χ0v) is 15.1. The Labute approximate surface area is 147 Å². The van der Waals surface area contributed by atoms with E-state index in [9.17, 15) is 0 Å². The van der Waals surface area contributed by atoms with Crippen LogP contribution in [-0.2, 0) is 0 Å². The second-order valence-corrected chi connectivity index (χ2v) is 7.83. The third kappa shape index (κ3) is 2.34. The van der Waals surface area contributed by atoms with Crippen molar-refractivity contribution in [2.24, 2.45) is 5.92 Å². The molecule has 2 aromatic carbocycles. The summed E-state index contributed by atoms with van der Waals surface area (Å²) in [4.78, 5) is 0. The number of allylic oxidation sites excluding steroid dienone is 2. The lowest BCUT2D eigenvalue weighted by molar-refractivity contribution is 0.424. The zero-order valence-electron chi connectivity index (χ0n) is 11.4. The molecule has 0 aromatic heterocycles. The predicted octanol–water partition coefficient (Wildman–Crippen LogP) is 5.88. The van der Waals surface area contributed by atoms with E-state index in [2.05, 4.69) is 98.5 Å². The van der Waals surface area contributed by atoms with E-state index in [1.807, 2.05) is 0 Å². The van der Waals surface area contributed by atoms with Crippen LogP contribution in [0, 0.1) is 9.49 Å². The lowest BCUT2D eigenvalue weighted by atomic mass is 9.77. The van der Waals surface area contributed by atoms with Crippen LogP contribution >= 0.6 is 38.5 Å². The third-order valence-electron chi connectivity index (χ3n) is 4.57. The average Bonchev–Trinajstić information content (AvgIpc) is 2.97. The quantitative estimate of drug-likeness (QED) is 0.421. The van der Waals surface area contributed by atoms with Gasteiger partial charge in [0, 0.05) is 19.6 Å². The van der Waals surface area contributed by atoms with E-state index in [1.54, 1.807) is 0 Å². The summed E-state index contributed by atoms with van der Waals surface area (Å²) in [7, 11) is 0. The van der Waals surface area contributed by atoms with E-state index in [1.165, 1.54) is 24.9 Å². The van der Waals surface area contributed by atoms with Gasteiger partial charge in [-0.3, -0.25) is 0 Å². The molecule has 0 bridgehead atoms. The van der Waals surface area contributed by atoms with Gasteiger partial charge in [-0.2, -0.15) is 0 Å². The Morgan fingerprint density at radius 3 is 2.81 bits per heavy atom. The second kappa shape index (κ2) is 5.43. The molecule has 106 valence electrons. The first kappa shape index (κ1) is 13.8. The Hall–Kier alpha value is -0.810. The minimum Gasteiger partial charge on any atom is -0.378 e. The molecule has 0 radical (unpaired) electrons. The molecule has 0 fully saturated rings. The summed E-state index contributed by atoms with van der Waals surface area (Å²) >= 11 is 6.12. The largest absolute Gasteiger partial charge is 0.378 e. The van der Waals surface area contributed by atoms with Crippen molar-refractivity contribution in [3.63, 3.8) is 0 Å². The molecule has 0 saturated heterocycles. The smallest absolute Gasteiger partial charge is 0.0565 e. The summed E-state index contributed by atoms with van der Waals surface area (Å²) in [5.41, 5.74) is 4.09. The molecule has 1 aliphatic carbocycles. The normalized spacial score (nSPS) is 26.1. The molecular formula is C18H15BrIN. The van der Waals surface area contributed by atoms with Crippen molar-refractivity contribution in [3.05, 3.63) is 73.8 Å². The molecule has 2 aliphatic rings. The number of hydrogen-bond donors (Lipinski definition) is 1. The number of halogens is 2. The summed E-state index contributed by atoms with van der Waals surface area (Å²) in [5, 5.41) is 3.78. The number of anilines is 1. The van der Waals surface area contributed by atoms with Crippen LogP contribution in [0.2, 0.25) is 0 Å². The van der Waals surface area contributed by atoms with Gasteiger partial charge in [0.2, 0.25) is 0 Å². The van der Waals surface area contributed by atoms with Gasteiger partial charge in [0.25, 0.3) is 0 Å². The molecule has 0 unspecified atom stereocenters. The molecule has 21 heavy (non-hydrogen) atoms. The Morgan fingerprint density at radius 1 is 1.10 bits per heavy atom. The number of benzene rings is 2. The Bertz CT molecular complexity index is 725. The van der Waals surface area contributed by atoms with Crippen molar-refractivity contribution < 1.29 is 0 Å². The van der Waals surface area contributed by atoms with Gasteiger partial charge < -0.3 is 5.32 Å². The van der Waals surface area contributed by atoms with Crippen molar-refractivity contribution >= 4 is 44.2 Å². The van der Waals surface area contributed by atoms with Crippen LogP contribution in [0.15, 0.2) is 59.1 Å². The van der Waals surface area contributed by atoms with E-state index in [0.29, 0.717) is 17.9 Å². The Morgan fingerprint density at radius 2 is 1.95 bits per heavy atom. The van der Waals surface area contributed by atoms with Crippen molar-refractivity contribution in [2.75, 3.05) is 5.32 Å². The molecule has 1 nitrogen and oxygen atoms in total. The van der Waals surface area contributed by atoms with E-state index in [-0.39, 0.29) is 0 Å². The van der Waals surface area contributed by atoms with Gasteiger partial charge in [-0.15, -0.1) is 0 Å². The molecule has 1 N–H and O–H groups in total. The van der Waals surface area contributed by atoms with Gasteiger partial charge in [0.15, 0.2) is 0 Å². The van der Waals surface area contributed by atoms with Crippen LogP contribution in [0.4, 0.5) is 5.69 Å². The number of hydrogen-bond acceptors (Lipinski definition) is 1. The summed E-state index contributed by atoms with van der Waals surface area (Å²) < 4.78 is 2.51. The summed E-state index contributed by atoms with van der Waals surface area (Å²) in [6, 6.07) is 15.7. The van der Waals surface area contributed by atoms with Crippen molar-refractivity contribution in [3.8, 4) is 0 Å². The van der Waals surface area contributed by atoms with Crippen molar-refractivity contribution in [2.45, 2.75) is 18.4 Å². The highest BCUT2D eigenvalue weighted by Crippen LogP contribution is 2.50. The standard InChI is InChI=1S/C18H15BrIN/c19-16-7-2-1-4-14(16)18-13-6-3-5-12(13)15-10-11(20)8-9-17(15)21-18/h1-5,7-10,12-13,18,21H,6H2/t12-,13+,18+/m1/s1. The van der Waals surface area contributed by atoms with Gasteiger partial charge in [-0.25, -0.2) is 0 Å². The van der Waals surface area contributed by atoms with Crippen molar-refractivity contribution in [1.29, 1.82) is 0 Å². The molecule has 0 spiro atoms. The van der Waals surface area contributed by atoms with Crippen LogP contribution in [0.5, 0.6) is 0 Å². The zero-order chi connectivity index (χ0) is 14.4. The maximum Gasteiger partial charge on any atom is 0.0565 e. The Kier molecular flexibility index (Phi) is 3.58. The first-order valence-electron chi connectivity index (χ1n) is 7.21. The SMILES string of the molecule is Brc1ccccc1[C@H]1Nc2ccc(I)cc2[C@@H]2C=CC[C@H]12. The molecule has 2 aromatic rings. The lowest BCUT2D eigenvalue weighted by Crippen LogP contribution is -2.29. The van der Waals surface area contributed by atoms with Gasteiger partial charge in [-0.05, 0) is 70.3 Å². The Balaban J connectivity index is 1.82. The fourth-order valence-corrected chi connectivity index (χ4v) is 4.65. The van der Waals surface area contributed by atoms with E-state index in [0.717, 1.165) is 6.42 Å². The molecule has 4 rings (SSSR count). The van der Waals surface area contributed by atoms with Gasteiger partial charge in [-0.1, -0.05) is 46.3 Å². The van der Waals surface area contributed by atoms with Crippen LogP contribution in [-0.4, -0.2) is 0 Å². The minimum absolute atomic E-state index is 0.369. The summed E-state index contributed by atoms with van der Waals surface area (Å²) in [6.07, 6.45) is 5.88. The van der Waals surface area contributed by atoms with Crippen molar-refractivity contribution in [1.82, 2.24) is 0 Å². The summed E-state index contributed by atoms with van der Waals surface area (Å²) in [6.45, 7) is 0. The number of fused-ring (bicyclic) bond motifs is 3. The summed E-state index contributed by atoms with van der Waals surface area (Å²) in [5.74, 6) is 1.14.